The van der Waals surface area contributed by atoms with E-state index < -0.39 is 0 Å². The van der Waals surface area contributed by atoms with Crippen LogP contribution in [0.5, 0.6) is 0 Å². The van der Waals surface area contributed by atoms with Crippen LogP contribution < -0.4 is 5.32 Å². The molecule has 0 aliphatic carbocycles. The Labute approximate surface area is 50.9 Å². The molecule has 0 saturated heterocycles. The average molecular weight is 127 g/mol. The Kier molecular flexibility index (Phi) is 5.54. The summed E-state index contributed by atoms with van der Waals surface area (Å²) in [5.74, 6) is 0. The first kappa shape index (κ1) is 7.58. The number of nitrogens with zero attached hydrogens (tertiary/aromatic N) is 6. The van der Waals surface area contributed by atoms with Crippen LogP contribution >= 0.6 is 0 Å². The van der Waals surface area contributed by atoms with Crippen molar-refractivity contribution >= 4 is 0 Å². The van der Waals surface area contributed by atoms with E-state index in [-0.39, 0.29) is 13.3 Å². The quantitative estimate of drug-likeness (QED) is 0.259. The van der Waals surface area contributed by atoms with Crippen LogP contribution in [0.1, 0.15) is 0 Å². The summed E-state index contributed by atoms with van der Waals surface area (Å²) < 4.78 is 0. The molecule has 1 N–H and O–H groups in total. The molecular weight excluding hydrogens is 122 g/mol. The van der Waals surface area contributed by atoms with Gasteiger partial charge in [-0.3, -0.25) is 0 Å². The van der Waals surface area contributed by atoms with Gasteiger partial charge in [-0.05, 0) is 11.1 Å². The van der Waals surface area contributed by atoms with Gasteiger partial charge >= 0.3 is 0 Å². The molecule has 0 unspecified atom stereocenters. The second-order valence-corrected chi connectivity index (χ2v) is 1.03. The SMILES string of the molecule is [N-]=[N+]=NCNCN=[N+]=[N-]. The highest BCUT2D eigenvalue weighted by Crippen LogP contribution is 1.67. The van der Waals surface area contributed by atoms with Crippen LogP contribution in [0.25, 0.3) is 20.9 Å². The topological polar surface area (TPSA) is 110 Å². The highest BCUT2D eigenvalue weighted by molar-refractivity contribution is 4.45. The molecule has 0 aromatic rings. The van der Waals surface area contributed by atoms with Gasteiger partial charge in [-0.25, -0.2) is 0 Å². The third-order valence-electron chi connectivity index (χ3n) is 0.492. The van der Waals surface area contributed by atoms with Crippen molar-refractivity contribution in [3.8, 4) is 0 Å². The molecule has 0 aromatic carbocycles. The molecule has 0 aliphatic rings. The third kappa shape index (κ3) is 6.58. The van der Waals surface area contributed by atoms with Gasteiger partial charge in [-0.1, -0.05) is 10.2 Å². The van der Waals surface area contributed by atoms with Gasteiger partial charge < -0.3 is 5.32 Å². The molecule has 0 atom stereocenters. The molecule has 0 amide bonds. The Balaban J connectivity index is 3.09. The smallest absolute Gasteiger partial charge is 0.0747 e. The zero-order valence-corrected chi connectivity index (χ0v) is 4.60. The van der Waals surface area contributed by atoms with Crippen molar-refractivity contribution in [1.29, 1.82) is 0 Å². The molecule has 9 heavy (non-hydrogen) atoms. The summed E-state index contributed by atoms with van der Waals surface area (Å²) in [5, 5.41) is 8.81. The fourth-order valence-corrected chi connectivity index (χ4v) is 0.213. The van der Waals surface area contributed by atoms with Crippen LogP contribution in [0.4, 0.5) is 0 Å². The van der Waals surface area contributed by atoms with Crippen LogP contribution in [0, 0.1) is 0 Å². The van der Waals surface area contributed by atoms with Gasteiger partial charge in [0.25, 0.3) is 0 Å². The summed E-state index contributed by atoms with van der Waals surface area (Å²) in [4.78, 5) is 4.92. The summed E-state index contributed by atoms with van der Waals surface area (Å²) in [7, 11) is 0. The molecule has 0 bridgehead atoms. The Morgan fingerprint density at radius 3 is 1.89 bits per heavy atom. The second-order valence-electron chi connectivity index (χ2n) is 1.03. The Morgan fingerprint density at radius 1 is 1.11 bits per heavy atom. The largest absolute Gasteiger partial charge is 0.306 e. The standard InChI is InChI=1S/C2H5N7/c3-8-6-1-5-2-7-9-4/h5H,1-2H2. The van der Waals surface area contributed by atoms with E-state index in [9.17, 15) is 0 Å². The van der Waals surface area contributed by atoms with Crippen molar-refractivity contribution < 1.29 is 0 Å². The summed E-state index contributed by atoms with van der Waals surface area (Å²) in [6.07, 6.45) is 0. The van der Waals surface area contributed by atoms with E-state index in [2.05, 4.69) is 25.4 Å². The van der Waals surface area contributed by atoms with Crippen LogP contribution in [0.2, 0.25) is 0 Å². The first-order valence-corrected chi connectivity index (χ1v) is 2.14. The first-order valence-electron chi connectivity index (χ1n) is 2.14. The molecule has 0 heterocycles. The number of nitrogens with one attached hydrogen (secondary N) is 1. The first-order chi connectivity index (χ1) is 4.41. The Morgan fingerprint density at radius 2 is 1.56 bits per heavy atom. The van der Waals surface area contributed by atoms with E-state index in [1.54, 1.807) is 0 Å². The molecule has 0 spiro atoms. The lowest BCUT2D eigenvalue weighted by molar-refractivity contribution is 0.717. The van der Waals surface area contributed by atoms with Crippen molar-refractivity contribution in [3.05, 3.63) is 20.9 Å². The Hall–Kier alpha value is -1.42. The van der Waals surface area contributed by atoms with Gasteiger partial charge in [-0.2, -0.15) is 0 Å². The summed E-state index contributed by atoms with van der Waals surface area (Å²) in [6.45, 7) is 0.297. The van der Waals surface area contributed by atoms with E-state index in [1.165, 1.54) is 0 Å². The lowest BCUT2D eigenvalue weighted by atomic mass is 11.0. The fourth-order valence-electron chi connectivity index (χ4n) is 0.213. The lowest BCUT2D eigenvalue weighted by Crippen LogP contribution is -2.11. The molecule has 0 rings (SSSR count). The molecule has 7 heteroatoms. The molecule has 0 aromatic heterocycles. The lowest BCUT2D eigenvalue weighted by Gasteiger charge is -1.87. The zero-order valence-electron chi connectivity index (χ0n) is 4.60. The minimum Gasteiger partial charge on any atom is -0.306 e. The van der Waals surface area contributed by atoms with Crippen LogP contribution in [0.3, 0.4) is 0 Å². The van der Waals surface area contributed by atoms with Gasteiger partial charge in [0.15, 0.2) is 0 Å². The maximum absolute atomic E-state index is 7.74. The van der Waals surface area contributed by atoms with Crippen LogP contribution in [-0.4, -0.2) is 13.3 Å². The molecule has 0 fully saturated rings. The van der Waals surface area contributed by atoms with E-state index in [1.807, 2.05) is 0 Å². The van der Waals surface area contributed by atoms with Gasteiger partial charge in [-0.15, -0.1) is 0 Å². The minimum atomic E-state index is 0.148. The van der Waals surface area contributed by atoms with Gasteiger partial charge in [0.1, 0.15) is 0 Å². The highest BCUT2D eigenvalue weighted by atomic mass is 15.2. The predicted molar refractivity (Wildman–Crippen MR) is 31.2 cm³/mol. The predicted octanol–water partition coefficient (Wildman–Crippen LogP) is 1.11. The van der Waals surface area contributed by atoms with Crippen LogP contribution in [0.15, 0.2) is 10.2 Å². The molecule has 0 radical (unpaired) electrons. The van der Waals surface area contributed by atoms with E-state index in [0.717, 1.165) is 0 Å². The molecule has 0 saturated carbocycles. The number of hydrogen-bond acceptors (Lipinski definition) is 3. The summed E-state index contributed by atoms with van der Waals surface area (Å²) in [5.41, 5.74) is 15.5. The number of hydrogen-bond donors (Lipinski definition) is 1. The van der Waals surface area contributed by atoms with Crippen molar-refractivity contribution in [3.63, 3.8) is 0 Å². The van der Waals surface area contributed by atoms with E-state index >= 15 is 0 Å². The number of azide groups is 2. The van der Waals surface area contributed by atoms with Crippen molar-refractivity contribution in [1.82, 2.24) is 5.32 Å². The number of rotatable bonds is 4. The maximum atomic E-state index is 7.74. The maximum Gasteiger partial charge on any atom is 0.0747 e. The normalized spacial score (nSPS) is 7.11. The second kappa shape index (κ2) is 6.58. The molecule has 7 nitrogen and oxygen atoms in total. The minimum absolute atomic E-state index is 0.148. The van der Waals surface area contributed by atoms with Gasteiger partial charge in [0, 0.05) is 9.82 Å². The van der Waals surface area contributed by atoms with Gasteiger partial charge in [0.05, 0.1) is 13.3 Å². The fraction of sp³-hybridized carbons (Fsp3) is 1.00. The molecule has 48 valence electrons. The molecular formula is C2H5N7. The third-order valence-corrected chi connectivity index (χ3v) is 0.492. The molecule has 0 aliphatic heterocycles. The van der Waals surface area contributed by atoms with Crippen molar-refractivity contribution in [2.75, 3.05) is 13.3 Å². The zero-order chi connectivity index (χ0) is 6.95. The average Bonchev–Trinajstić information content (AvgIpc) is 1.89. The summed E-state index contributed by atoms with van der Waals surface area (Å²) in [6, 6.07) is 0. The van der Waals surface area contributed by atoms with Crippen molar-refractivity contribution in [2.24, 2.45) is 10.2 Å². The van der Waals surface area contributed by atoms with Crippen LogP contribution in [-0.2, 0) is 0 Å². The van der Waals surface area contributed by atoms with Gasteiger partial charge in [0.2, 0.25) is 0 Å². The monoisotopic (exact) mass is 127 g/mol. The van der Waals surface area contributed by atoms with E-state index in [0.29, 0.717) is 0 Å². The Bertz CT molecular complexity index is 130. The van der Waals surface area contributed by atoms with Crippen molar-refractivity contribution in [2.45, 2.75) is 0 Å². The summed E-state index contributed by atoms with van der Waals surface area (Å²) >= 11 is 0. The highest BCUT2D eigenvalue weighted by Gasteiger charge is 1.74. The van der Waals surface area contributed by atoms with E-state index in [4.69, 9.17) is 11.1 Å².